The number of benzene rings is 1. The van der Waals surface area contributed by atoms with Crippen LogP contribution < -0.4 is 0 Å². The molecule has 1 unspecified atom stereocenters. The van der Waals surface area contributed by atoms with E-state index in [0.29, 0.717) is 18.7 Å². The summed E-state index contributed by atoms with van der Waals surface area (Å²) in [6.45, 7) is 2.74. The second-order valence-electron chi connectivity index (χ2n) is 7.38. The van der Waals surface area contributed by atoms with E-state index in [0.717, 1.165) is 38.8 Å². The van der Waals surface area contributed by atoms with Crippen molar-refractivity contribution in [2.24, 2.45) is 5.41 Å². The Morgan fingerprint density at radius 2 is 2.04 bits per heavy atom. The molecule has 0 bridgehead atoms. The van der Waals surface area contributed by atoms with E-state index in [1.165, 1.54) is 5.56 Å². The number of piperidine rings is 1. The zero-order valence-corrected chi connectivity index (χ0v) is 14.9. The molecular formula is C20H24N4O2. The van der Waals surface area contributed by atoms with Crippen LogP contribution in [-0.4, -0.2) is 58.0 Å². The van der Waals surface area contributed by atoms with Crippen LogP contribution >= 0.6 is 0 Å². The van der Waals surface area contributed by atoms with E-state index in [-0.39, 0.29) is 11.8 Å². The highest BCUT2D eigenvalue weighted by molar-refractivity contribution is 5.95. The third-order valence-electron chi connectivity index (χ3n) is 5.72. The number of hydrogen-bond donors (Lipinski definition) is 1. The topological polar surface area (TPSA) is 69.3 Å². The highest BCUT2D eigenvalue weighted by Crippen LogP contribution is 2.40. The molecule has 1 N–H and O–H groups in total. The van der Waals surface area contributed by atoms with Crippen LogP contribution in [0.15, 0.2) is 42.7 Å². The van der Waals surface area contributed by atoms with Gasteiger partial charge in [-0.25, -0.2) is 0 Å². The predicted octanol–water partition coefficient (Wildman–Crippen LogP) is 2.11. The molecule has 3 heterocycles. The summed E-state index contributed by atoms with van der Waals surface area (Å²) < 4.78 is 0. The molecule has 4 rings (SSSR count). The monoisotopic (exact) mass is 352 g/mol. The number of aromatic amines is 1. The average Bonchev–Trinajstić information content (AvgIpc) is 3.34. The number of rotatable bonds is 4. The lowest BCUT2D eigenvalue weighted by molar-refractivity contribution is -0.145. The third-order valence-corrected chi connectivity index (χ3v) is 5.72. The van der Waals surface area contributed by atoms with Crippen molar-refractivity contribution in [2.75, 3.05) is 26.2 Å². The maximum absolute atomic E-state index is 13.2. The first kappa shape index (κ1) is 16.8. The van der Waals surface area contributed by atoms with Crippen LogP contribution in [0.4, 0.5) is 0 Å². The van der Waals surface area contributed by atoms with Gasteiger partial charge < -0.3 is 9.80 Å². The Hall–Kier alpha value is -2.63. The Bertz CT molecular complexity index is 774. The molecule has 6 nitrogen and oxygen atoms in total. The average molecular weight is 352 g/mol. The smallest absolute Gasteiger partial charge is 0.257 e. The van der Waals surface area contributed by atoms with Gasteiger partial charge in [0, 0.05) is 32.4 Å². The van der Waals surface area contributed by atoms with Gasteiger partial charge in [-0.3, -0.25) is 14.7 Å². The standard InChI is InChI=1S/C20H24N4O2/c25-18(17-13-21-22-14-17)24-12-9-20(15-24)8-4-10-23(19(20)26)11-7-16-5-2-1-3-6-16/h1-3,5-6,13-14H,4,7-12,15H2,(H,21,22). The first-order chi connectivity index (χ1) is 12.7. The van der Waals surface area contributed by atoms with Gasteiger partial charge >= 0.3 is 0 Å². The molecule has 1 atom stereocenters. The van der Waals surface area contributed by atoms with E-state index in [4.69, 9.17) is 0 Å². The van der Waals surface area contributed by atoms with Gasteiger partial charge in [0.1, 0.15) is 0 Å². The Balaban J connectivity index is 1.42. The summed E-state index contributed by atoms with van der Waals surface area (Å²) in [6.07, 6.45) is 6.68. The van der Waals surface area contributed by atoms with Crippen molar-refractivity contribution in [2.45, 2.75) is 25.7 Å². The lowest BCUT2D eigenvalue weighted by Crippen LogP contribution is -2.50. The minimum atomic E-state index is -0.395. The van der Waals surface area contributed by atoms with E-state index in [2.05, 4.69) is 22.3 Å². The molecule has 0 aliphatic carbocycles. The maximum atomic E-state index is 13.2. The third kappa shape index (κ3) is 3.11. The molecule has 0 saturated carbocycles. The Morgan fingerprint density at radius 1 is 1.19 bits per heavy atom. The summed E-state index contributed by atoms with van der Waals surface area (Å²) in [5.41, 5.74) is 1.42. The summed E-state index contributed by atoms with van der Waals surface area (Å²) in [7, 11) is 0. The highest BCUT2D eigenvalue weighted by Gasteiger charge is 2.49. The first-order valence-electron chi connectivity index (χ1n) is 9.29. The van der Waals surface area contributed by atoms with Gasteiger partial charge in [0.25, 0.3) is 5.91 Å². The molecule has 2 fully saturated rings. The minimum Gasteiger partial charge on any atom is -0.342 e. The minimum absolute atomic E-state index is 0.0372. The molecular weight excluding hydrogens is 328 g/mol. The number of aromatic nitrogens is 2. The lowest BCUT2D eigenvalue weighted by atomic mass is 9.78. The molecule has 2 amide bonds. The number of nitrogens with one attached hydrogen (secondary N) is 1. The molecule has 136 valence electrons. The van der Waals surface area contributed by atoms with Crippen molar-refractivity contribution in [3.8, 4) is 0 Å². The Labute approximate surface area is 153 Å². The molecule has 2 saturated heterocycles. The number of likely N-dealkylation sites (tertiary alicyclic amines) is 2. The van der Waals surface area contributed by atoms with Gasteiger partial charge in [0.2, 0.25) is 5.91 Å². The van der Waals surface area contributed by atoms with Crippen LogP contribution in [0.3, 0.4) is 0 Å². The van der Waals surface area contributed by atoms with Gasteiger partial charge in [0.05, 0.1) is 17.2 Å². The molecule has 1 aromatic carbocycles. The highest BCUT2D eigenvalue weighted by atomic mass is 16.2. The predicted molar refractivity (Wildman–Crippen MR) is 97.5 cm³/mol. The number of carbonyl (C=O) groups is 2. The molecule has 1 aromatic heterocycles. The largest absolute Gasteiger partial charge is 0.342 e. The van der Waals surface area contributed by atoms with E-state index >= 15 is 0 Å². The van der Waals surface area contributed by atoms with Crippen LogP contribution in [-0.2, 0) is 11.2 Å². The zero-order chi connectivity index (χ0) is 18.0. The second-order valence-corrected chi connectivity index (χ2v) is 7.38. The molecule has 2 aliphatic heterocycles. The van der Waals surface area contributed by atoms with Crippen molar-refractivity contribution in [1.82, 2.24) is 20.0 Å². The van der Waals surface area contributed by atoms with Crippen LogP contribution in [0.1, 0.15) is 35.2 Å². The summed E-state index contributed by atoms with van der Waals surface area (Å²) in [4.78, 5) is 29.6. The Morgan fingerprint density at radius 3 is 2.81 bits per heavy atom. The molecule has 6 heteroatoms. The first-order valence-corrected chi connectivity index (χ1v) is 9.29. The fourth-order valence-corrected chi connectivity index (χ4v) is 4.25. The van der Waals surface area contributed by atoms with E-state index in [1.54, 1.807) is 12.4 Å². The molecule has 1 spiro atoms. The van der Waals surface area contributed by atoms with E-state index < -0.39 is 5.41 Å². The van der Waals surface area contributed by atoms with Crippen LogP contribution in [0.25, 0.3) is 0 Å². The van der Waals surface area contributed by atoms with Crippen molar-refractivity contribution < 1.29 is 9.59 Å². The number of amides is 2. The SMILES string of the molecule is O=C(c1cn[nH]c1)N1CCC2(CCCN(CCc3ccccc3)C2=O)C1. The number of hydrogen-bond acceptors (Lipinski definition) is 3. The molecule has 0 radical (unpaired) electrons. The number of carbonyl (C=O) groups excluding carboxylic acids is 2. The quantitative estimate of drug-likeness (QED) is 0.916. The van der Waals surface area contributed by atoms with Crippen molar-refractivity contribution in [1.29, 1.82) is 0 Å². The lowest BCUT2D eigenvalue weighted by Gasteiger charge is -2.39. The van der Waals surface area contributed by atoms with Gasteiger partial charge in [-0.05, 0) is 31.2 Å². The molecule has 2 aliphatic rings. The van der Waals surface area contributed by atoms with Crippen molar-refractivity contribution >= 4 is 11.8 Å². The normalized spacial score (nSPS) is 23.0. The zero-order valence-electron chi connectivity index (χ0n) is 14.9. The van der Waals surface area contributed by atoms with E-state index in [1.807, 2.05) is 28.0 Å². The van der Waals surface area contributed by atoms with Gasteiger partial charge in [-0.2, -0.15) is 5.10 Å². The molecule has 26 heavy (non-hydrogen) atoms. The van der Waals surface area contributed by atoms with E-state index in [9.17, 15) is 9.59 Å². The Kier molecular flexibility index (Phi) is 4.49. The van der Waals surface area contributed by atoms with Crippen LogP contribution in [0, 0.1) is 5.41 Å². The fraction of sp³-hybridized carbons (Fsp3) is 0.450. The van der Waals surface area contributed by atoms with Gasteiger partial charge in [-0.15, -0.1) is 0 Å². The van der Waals surface area contributed by atoms with Crippen LogP contribution in [0.5, 0.6) is 0 Å². The summed E-state index contributed by atoms with van der Waals surface area (Å²) in [6, 6.07) is 10.3. The summed E-state index contributed by atoms with van der Waals surface area (Å²) >= 11 is 0. The van der Waals surface area contributed by atoms with Crippen molar-refractivity contribution in [3.05, 3.63) is 53.9 Å². The van der Waals surface area contributed by atoms with Gasteiger partial charge in [-0.1, -0.05) is 30.3 Å². The van der Waals surface area contributed by atoms with Gasteiger partial charge in [0.15, 0.2) is 0 Å². The summed E-state index contributed by atoms with van der Waals surface area (Å²) in [5.74, 6) is 0.187. The summed E-state index contributed by atoms with van der Waals surface area (Å²) in [5, 5.41) is 6.53. The number of H-pyrrole nitrogens is 1. The fourth-order valence-electron chi connectivity index (χ4n) is 4.25. The van der Waals surface area contributed by atoms with Crippen molar-refractivity contribution in [3.63, 3.8) is 0 Å². The second kappa shape index (κ2) is 6.94. The maximum Gasteiger partial charge on any atom is 0.257 e. The number of nitrogens with zero attached hydrogens (tertiary/aromatic N) is 3. The van der Waals surface area contributed by atoms with Crippen LogP contribution in [0.2, 0.25) is 0 Å². The molecule has 2 aromatic rings.